The van der Waals surface area contributed by atoms with Gasteiger partial charge in [-0.1, -0.05) is 12.5 Å². The summed E-state index contributed by atoms with van der Waals surface area (Å²) in [5, 5.41) is 11.9. The van der Waals surface area contributed by atoms with E-state index >= 15 is 0 Å². The molecule has 1 spiro atoms. The van der Waals surface area contributed by atoms with Gasteiger partial charge in [0.25, 0.3) is 0 Å². The highest BCUT2D eigenvalue weighted by molar-refractivity contribution is 5.84. The van der Waals surface area contributed by atoms with Crippen molar-refractivity contribution in [2.75, 3.05) is 13.2 Å². The predicted molar refractivity (Wildman–Crippen MR) is 158 cm³/mol. The molecular weight excluding hydrogens is 620 g/mol. The molecule has 3 aliphatic heterocycles. The topological polar surface area (TPSA) is 183 Å². The van der Waals surface area contributed by atoms with Gasteiger partial charge in [-0.3, -0.25) is 19.2 Å². The fourth-order valence-corrected chi connectivity index (χ4v) is 8.27. The van der Waals surface area contributed by atoms with Crippen LogP contribution in [0.2, 0.25) is 0 Å². The summed E-state index contributed by atoms with van der Waals surface area (Å²) in [5.74, 6) is -4.48. The lowest BCUT2D eigenvalue weighted by Gasteiger charge is -2.62. The Kier molecular flexibility index (Phi) is 9.04. The van der Waals surface area contributed by atoms with E-state index in [-0.39, 0.29) is 25.6 Å². The summed E-state index contributed by atoms with van der Waals surface area (Å²) in [6, 6.07) is 0. The van der Waals surface area contributed by atoms with Crippen LogP contribution in [-0.4, -0.2) is 96.2 Å². The minimum Gasteiger partial charge on any atom is -0.472 e. The molecule has 2 saturated heterocycles. The Labute approximate surface area is 273 Å². The van der Waals surface area contributed by atoms with Crippen molar-refractivity contribution in [3.05, 3.63) is 24.0 Å². The lowest BCUT2D eigenvalue weighted by Crippen LogP contribution is -2.73. The SMILES string of the molecule is CC(=O)OC[C@@]12[C@@H](OC(C)=O)C=C(C)[C@](C)([C@@H]3C[C@H]4C=CO[C@@H]4O3)[C@H]1C[C@@H](O)[C@H](OC(=O)[C@@](C)(OC(C)=O)[C@H](C)OC(C)=O)[C@]21CO1. The Morgan fingerprint density at radius 3 is 2.28 bits per heavy atom. The third kappa shape index (κ3) is 5.61. The number of carbonyl (C=O) groups is 5. The van der Waals surface area contributed by atoms with Crippen LogP contribution in [0, 0.1) is 22.7 Å². The van der Waals surface area contributed by atoms with Gasteiger partial charge in [-0.15, -0.1) is 0 Å². The maximum Gasteiger partial charge on any atom is 0.354 e. The molecule has 1 N–H and O–H groups in total. The number of hydrogen-bond donors (Lipinski definition) is 1. The van der Waals surface area contributed by atoms with Gasteiger partial charge in [0.2, 0.25) is 11.9 Å². The van der Waals surface area contributed by atoms with Crippen LogP contribution in [0.1, 0.15) is 68.2 Å². The van der Waals surface area contributed by atoms with Crippen LogP contribution in [0.25, 0.3) is 0 Å². The minimum atomic E-state index is -2.11. The summed E-state index contributed by atoms with van der Waals surface area (Å²) in [5.41, 5.74) is -5.03. The lowest BCUT2D eigenvalue weighted by molar-refractivity contribution is -0.254. The first-order valence-electron chi connectivity index (χ1n) is 15.8. The van der Waals surface area contributed by atoms with Crippen LogP contribution < -0.4 is 0 Å². The maximum atomic E-state index is 14.0. The average Bonchev–Trinajstić information content (AvgIpc) is 3.44. The van der Waals surface area contributed by atoms with Crippen molar-refractivity contribution in [2.24, 2.45) is 22.7 Å². The second kappa shape index (κ2) is 12.2. The van der Waals surface area contributed by atoms with Gasteiger partial charge in [0.15, 0.2) is 6.10 Å². The highest BCUT2D eigenvalue weighted by Gasteiger charge is 2.81. The van der Waals surface area contributed by atoms with Crippen LogP contribution >= 0.6 is 0 Å². The standard InChI is InChI=1S/C33H44O14/c1-16-11-26(44-20(5)36)32(14-41-18(3)34)24(30(16,7)25-12-22-9-10-40-28(22)45-25)13-23(38)27(33(32)15-42-33)46-29(39)31(8,47-21(6)37)17(2)43-19(4)35/h9-11,17,22-28,38H,12-15H2,1-8H3/t17-,22+,23+,24+,25-,26-,27-,28+,30-,31-,32-,33+/m0/s1. The van der Waals surface area contributed by atoms with Gasteiger partial charge >= 0.3 is 29.8 Å². The highest BCUT2D eigenvalue weighted by atomic mass is 16.7. The number of carbonyl (C=O) groups excluding carboxylic acids is 5. The number of aliphatic hydroxyl groups is 1. The molecule has 2 aliphatic carbocycles. The van der Waals surface area contributed by atoms with Gasteiger partial charge in [-0.2, -0.15) is 0 Å². The summed E-state index contributed by atoms with van der Waals surface area (Å²) in [7, 11) is 0. The Balaban J connectivity index is 1.62. The van der Waals surface area contributed by atoms with Crippen LogP contribution in [0.5, 0.6) is 0 Å². The van der Waals surface area contributed by atoms with E-state index in [1.165, 1.54) is 27.7 Å². The van der Waals surface area contributed by atoms with E-state index in [0.717, 1.165) is 19.4 Å². The first-order chi connectivity index (χ1) is 21.9. The van der Waals surface area contributed by atoms with Gasteiger partial charge in [-0.05, 0) is 51.7 Å². The molecule has 47 heavy (non-hydrogen) atoms. The van der Waals surface area contributed by atoms with E-state index in [1.54, 1.807) is 12.3 Å². The minimum absolute atomic E-state index is 0.00482. The summed E-state index contributed by atoms with van der Waals surface area (Å²) < 4.78 is 46.6. The molecular formula is C33H44O14. The number of esters is 5. The Morgan fingerprint density at radius 2 is 1.72 bits per heavy atom. The van der Waals surface area contributed by atoms with E-state index in [4.69, 9.17) is 37.9 Å². The van der Waals surface area contributed by atoms with Crippen LogP contribution in [0.3, 0.4) is 0 Å². The molecule has 0 unspecified atom stereocenters. The largest absolute Gasteiger partial charge is 0.472 e. The Morgan fingerprint density at radius 1 is 1.04 bits per heavy atom. The first-order valence-corrected chi connectivity index (χ1v) is 15.8. The molecule has 0 amide bonds. The number of rotatable bonds is 9. The van der Waals surface area contributed by atoms with Crippen molar-refractivity contribution in [3.63, 3.8) is 0 Å². The second-order valence-electron chi connectivity index (χ2n) is 13.7. The molecule has 3 fully saturated rings. The fourth-order valence-electron chi connectivity index (χ4n) is 8.27. The number of ether oxygens (including phenoxy) is 8. The van der Waals surface area contributed by atoms with E-state index in [1.807, 2.05) is 19.9 Å². The molecule has 0 aromatic carbocycles. The molecule has 260 valence electrons. The zero-order chi connectivity index (χ0) is 34.7. The monoisotopic (exact) mass is 664 g/mol. The van der Waals surface area contributed by atoms with Gasteiger partial charge in [-0.25, -0.2) is 4.79 Å². The second-order valence-corrected chi connectivity index (χ2v) is 13.7. The summed E-state index contributed by atoms with van der Waals surface area (Å²) in [6.07, 6.45) is -0.0391. The molecule has 3 heterocycles. The maximum absolute atomic E-state index is 14.0. The average molecular weight is 665 g/mol. The van der Waals surface area contributed by atoms with Gasteiger partial charge in [0, 0.05) is 39.0 Å². The summed E-state index contributed by atoms with van der Waals surface area (Å²) in [6.45, 7) is 10.9. The number of epoxide rings is 1. The Bertz CT molecular complexity index is 1380. The summed E-state index contributed by atoms with van der Waals surface area (Å²) >= 11 is 0. The van der Waals surface area contributed by atoms with Crippen molar-refractivity contribution < 1.29 is 67.0 Å². The van der Waals surface area contributed by atoms with Gasteiger partial charge in [0.05, 0.1) is 30.5 Å². The summed E-state index contributed by atoms with van der Waals surface area (Å²) in [4.78, 5) is 62.9. The van der Waals surface area contributed by atoms with Crippen LogP contribution in [0.15, 0.2) is 24.0 Å². The third-order valence-corrected chi connectivity index (χ3v) is 10.9. The first kappa shape index (κ1) is 34.8. The predicted octanol–water partition coefficient (Wildman–Crippen LogP) is 2.04. The molecule has 0 aromatic heterocycles. The van der Waals surface area contributed by atoms with E-state index in [0.29, 0.717) is 6.42 Å². The molecule has 14 heteroatoms. The highest BCUT2D eigenvalue weighted by Crippen LogP contribution is 2.69. The molecule has 12 atom stereocenters. The molecule has 0 aromatic rings. The zero-order valence-corrected chi connectivity index (χ0v) is 27.9. The van der Waals surface area contributed by atoms with Crippen molar-refractivity contribution in [1.29, 1.82) is 0 Å². The van der Waals surface area contributed by atoms with Crippen LogP contribution in [0.4, 0.5) is 0 Å². The van der Waals surface area contributed by atoms with E-state index < -0.39 is 94.6 Å². The van der Waals surface area contributed by atoms with Crippen molar-refractivity contribution in [2.45, 2.75) is 116 Å². The van der Waals surface area contributed by atoms with Crippen molar-refractivity contribution in [1.82, 2.24) is 0 Å². The molecule has 5 aliphatic rings. The van der Waals surface area contributed by atoms with Crippen LogP contribution in [-0.2, 0) is 61.9 Å². The molecule has 14 nitrogen and oxygen atoms in total. The Hall–Kier alpha value is -3.49. The van der Waals surface area contributed by atoms with Gasteiger partial charge in [0.1, 0.15) is 24.4 Å². The fraction of sp³-hybridized carbons (Fsp3) is 0.727. The smallest absolute Gasteiger partial charge is 0.354 e. The number of aliphatic hydroxyl groups excluding tert-OH is 1. The number of fused-ring (bicyclic) bond motifs is 3. The quantitative estimate of drug-likeness (QED) is 0.164. The lowest BCUT2D eigenvalue weighted by atomic mass is 9.44. The molecule has 0 radical (unpaired) electrons. The van der Waals surface area contributed by atoms with E-state index in [9.17, 15) is 29.1 Å². The van der Waals surface area contributed by atoms with Gasteiger partial charge < -0.3 is 43.0 Å². The third-order valence-electron chi connectivity index (χ3n) is 10.9. The molecule has 5 rings (SSSR count). The zero-order valence-electron chi connectivity index (χ0n) is 27.9. The molecule has 1 saturated carbocycles. The van der Waals surface area contributed by atoms with Crippen molar-refractivity contribution in [3.8, 4) is 0 Å². The molecule has 0 bridgehead atoms. The normalized spacial score (nSPS) is 40.0. The number of hydrogen-bond acceptors (Lipinski definition) is 14. The van der Waals surface area contributed by atoms with E-state index in [2.05, 4.69) is 0 Å². The van der Waals surface area contributed by atoms with Crippen molar-refractivity contribution >= 4 is 29.8 Å².